The van der Waals surface area contributed by atoms with E-state index < -0.39 is 17.3 Å². The summed E-state index contributed by atoms with van der Waals surface area (Å²) in [4.78, 5) is 43.0. The number of hydrogen-bond donors (Lipinski definition) is 2. The molecule has 0 bridgehead atoms. The van der Waals surface area contributed by atoms with Crippen molar-refractivity contribution < 1.29 is 19.1 Å². The number of aromatic nitrogens is 1. The monoisotopic (exact) mass is 517 g/mol. The molecule has 2 amide bonds. The molecule has 0 saturated heterocycles. The molecule has 0 aromatic carbocycles. The average Bonchev–Trinajstić information content (AvgIpc) is 2.85. The van der Waals surface area contributed by atoms with Crippen LogP contribution >= 0.6 is 11.8 Å². The first-order valence-electron chi connectivity index (χ1n) is 13.5. The third-order valence-corrected chi connectivity index (χ3v) is 9.49. The SMILES string of the molecule is CC(OC(=O)c1cccnc1SC(C)C(=O)NC1CCCC(C)C1C)C(=O)NC1CCCC(C)C1C. The van der Waals surface area contributed by atoms with Crippen molar-refractivity contribution in [2.45, 2.75) is 109 Å². The van der Waals surface area contributed by atoms with Crippen LogP contribution in [0.25, 0.3) is 0 Å². The van der Waals surface area contributed by atoms with Gasteiger partial charge >= 0.3 is 5.97 Å². The second-order valence-corrected chi connectivity index (χ2v) is 12.3. The molecular weight excluding hydrogens is 474 g/mol. The molecule has 7 nitrogen and oxygen atoms in total. The molecule has 1 aromatic rings. The Kier molecular flexibility index (Phi) is 10.2. The minimum absolute atomic E-state index is 0.0560. The fourth-order valence-electron chi connectivity index (χ4n) is 5.31. The second kappa shape index (κ2) is 12.9. The summed E-state index contributed by atoms with van der Waals surface area (Å²) >= 11 is 1.24. The van der Waals surface area contributed by atoms with Gasteiger partial charge in [0.15, 0.2) is 6.10 Å². The maximum atomic E-state index is 13.0. The van der Waals surface area contributed by atoms with E-state index in [1.807, 2.05) is 6.92 Å². The lowest BCUT2D eigenvalue weighted by Gasteiger charge is -2.35. The highest BCUT2D eigenvalue weighted by Gasteiger charge is 2.32. The van der Waals surface area contributed by atoms with Crippen molar-refractivity contribution in [1.29, 1.82) is 0 Å². The molecule has 0 spiro atoms. The van der Waals surface area contributed by atoms with Crippen LogP contribution in [-0.2, 0) is 14.3 Å². The summed E-state index contributed by atoms with van der Waals surface area (Å²) < 4.78 is 5.53. The molecule has 8 unspecified atom stereocenters. The van der Waals surface area contributed by atoms with Gasteiger partial charge in [-0.05, 0) is 62.5 Å². The number of pyridine rings is 1. The fraction of sp³-hybridized carbons (Fsp3) is 0.714. The van der Waals surface area contributed by atoms with Crippen LogP contribution in [0.2, 0.25) is 0 Å². The molecule has 0 radical (unpaired) electrons. The largest absolute Gasteiger partial charge is 0.449 e. The van der Waals surface area contributed by atoms with E-state index >= 15 is 0 Å². The molecule has 2 N–H and O–H groups in total. The molecule has 0 aliphatic heterocycles. The maximum Gasteiger partial charge on any atom is 0.341 e. The maximum absolute atomic E-state index is 13.0. The number of nitrogens with one attached hydrogen (secondary N) is 2. The van der Waals surface area contributed by atoms with E-state index in [0.717, 1.165) is 25.7 Å². The van der Waals surface area contributed by atoms with Crippen molar-refractivity contribution in [1.82, 2.24) is 15.6 Å². The third kappa shape index (κ3) is 7.24. The molecule has 2 saturated carbocycles. The molecule has 3 rings (SSSR count). The lowest BCUT2D eigenvalue weighted by Crippen LogP contribution is -2.47. The van der Waals surface area contributed by atoms with Gasteiger partial charge in [-0.3, -0.25) is 9.59 Å². The van der Waals surface area contributed by atoms with Gasteiger partial charge in [0.05, 0.1) is 10.8 Å². The molecule has 200 valence electrons. The van der Waals surface area contributed by atoms with E-state index in [1.54, 1.807) is 25.3 Å². The quantitative estimate of drug-likeness (QED) is 0.372. The predicted molar refractivity (Wildman–Crippen MR) is 143 cm³/mol. The Morgan fingerprint density at radius 2 is 1.47 bits per heavy atom. The lowest BCUT2D eigenvalue weighted by molar-refractivity contribution is -0.130. The fourth-order valence-corrected chi connectivity index (χ4v) is 6.22. The molecule has 8 heteroatoms. The van der Waals surface area contributed by atoms with Crippen molar-refractivity contribution in [3.63, 3.8) is 0 Å². The Morgan fingerprint density at radius 3 is 2.06 bits per heavy atom. The zero-order chi connectivity index (χ0) is 26.4. The Bertz CT molecular complexity index is 926. The van der Waals surface area contributed by atoms with Gasteiger partial charge in [-0.1, -0.05) is 65.1 Å². The number of carbonyl (C=O) groups is 3. The van der Waals surface area contributed by atoms with Crippen LogP contribution in [0.3, 0.4) is 0 Å². The minimum Gasteiger partial charge on any atom is -0.449 e. The lowest BCUT2D eigenvalue weighted by atomic mass is 9.78. The summed E-state index contributed by atoms with van der Waals surface area (Å²) in [5.41, 5.74) is 0.265. The highest BCUT2D eigenvalue weighted by Crippen LogP contribution is 2.31. The van der Waals surface area contributed by atoms with Crippen LogP contribution in [0.15, 0.2) is 23.4 Å². The van der Waals surface area contributed by atoms with Gasteiger partial charge in [0, 0.05) is 18.3 Å². The molecular formula is C28H43N3O4S. The standard InChI is InChI=1S/C28H43N3O4S/c1-16-10-7-13-23(18(16)3)30-25(32)20(5)35-28(34)22-12-9-15-29-27(22)36-21(6)26(33)31-24-14-8-11-17(2)19(24)4/h9,12,15-21,23-24H,7-8,10-11,13-14H2,1-6H3,(H,30,32)(H,31,33). The Balaban J connectivity index is 1.58. The Labute approximate surface area is 220 Å². The number of amides is 2. The van der Waals surface area contributed by atoms with E-state index in [4.69, 9.17) is 4.74 Å². The zero-order valence-electron chi connectivity index (χ0n) is 22.6. The first-order chi connectivity index (χ1) is 17.1. The van der Waals surface area contributed by atoms with E-state index in [9.17, 15) is 14.4 Å². The first-order valence-corrected chi connectivity index (χ1v) is 14.4. The highest BCUT2D eigenvalue weighted by molar-refractivity contribution is 8.00. The van der Waals surface area contributed by atoms with Crippen LogP contribution < -0.4 is 10.6 Å². The molecule has 8 atom stereocenters. The molecule has 2 aliphatic rings. The van der Waals surface area contributed by atoms with Crippen molar-refractivity contribution in [3.05, 3.63) is 23.9 Å². The van der Waals surface area contributed by atoms with Gasteiger partial charge < -0.3 is 15.4 Å². The number of hydrogen-bond acceptors (Lipinski definition) is 6. The van der Waals surface area contributed by atoms with Crippen LogP contribution in [-0.4, -0.2) is 46.2 Å². The van der Waals surface area contributed by atoms with Crippen LogP contribution in [0.1, 0.15) is 90.4 Å². The third-order valence-electron chi connectivity index (χ3n) is 8.37. The average molecular weight is 518 g/mol. The number of nitrogens with zero attached hydrogens (tertiary/aromatic N) is 1. The number of rotatable bonds is 8. The Hall–Kier alpha value is -2.09. The second-order valence-electron chi connectivity index (χ2n) is 10.9. The van der Waals surface area contributed by atoms with Gasteiger partial charge in [-0.2, -0.15) is 0 Å². The van der Waals surface area contributed by atoms with Crippen molar-refractivity contribution in [3.8, 4) is 0 Å². The van der Waals surface area contributed by atoms with Crippen LogP contribution in [0.4, 0.5) is 0 Å². The number of ether oxygens (including phenoxy) is 1. The number of thioether (sulfide) groups is 1. The minimum atomic E-state index is -0.921. The van der Waals surface area contributed by atoms with Crippen molar-refractivity contribution >= 4 is 29.5 Å². The van der Waals surface area contributed by atoms with E-state index in [-0.39, 0.29) is 29.5 Å². The molecule has 2 aliphatic carbocycles. The topological polar surface area (TPSA) is 97.4 Å². The molecule has 2 fully saturated rings. The molecule has 1 aromatic heterocycles. The van der Waals surface area contributed by atoms with Gasteiger partial charge in [0.1, 0.15) is 5.03 Å². The first kappa shape index (κ1) is 28.5. The van der Waals surface area contributed by atoms with Crippen molar-refractivity contribution in [2.24, 2.45) is 23.7 Å². The van der Waals surface area contributed by atoms with Crippen LogP contribution in [0.5, 0.6) is 0 Å². The number of carbonyl (C=O) groups excluding carboxylic acids is 3. The molecule has 1 heterocycles. The summed E-state index contributed by atoms with van der Waals surface area (Å²) in [6.45, 7) is 12.2. The summed E-state index contributed by atoms with van der Waals surface area (Å²) in [5.74, 6) is 1.03. The van der Waals surface area contributed by atoms with Crippen LogP contribution in [0, 0.1) is 23.7 Å². The normalized spacial score (nSPS) is 30.1. The van der Waals surface area contributed by atoms with Gasteiger partial charge in [-0.25, -0.2) is 9.78 Å². The molecule has 36 heavy (non-hydrogen) atoms. The van der Waals surface area contributed by atoms with Crippen molar-refractivity contribution in [2.75, 3.05) is 0 Å². The Morgan fingerprint density at radius 1 is 0.917 bits per heavy atom. The van der Waals surface area contributed by atoms with E-state index in [1.165, 1.54) is 24.6 Å². The summed E-state index contributed by atoms with van der Waals surface area (Å²) in [6.07, 6.45) is 7.20. The van der Waals surface area contributed by atoms with Gasteiger partial charge in [0.25, 0.3) is 5.91 Å². The van der Waals surface area contributed by atoms with Gasteiger partial charge in [0.2, 0.25) is 5.91 Å². The predicted octanol–water partition coefficient (Wildman–Crippen LogP) is 4.99. The highest BCUT2D eigenvalue weighted by atomic mass is 32.2. The smallest absolute Gasteiger partial charge is 0.341 e. The van der Waals surface area contributed by atoms with E-state index in [2.05, 4.69) is 43.3 Å². The summed E-state index contributed by atoms with van der Waals surface area (Å²) in [7, 11) is 0. The zero-order valence-corrected chi connectivity index (χ0v) is 23.4. The summed E-state index contributed by atoms with van der Waals surface area (Å²) in [5, 5.41) is 6.28. The number of esters is 1. The van der Waals surface area contributed by atoms with E-state index in [0.29, 0.717) is 28.7 Å². The van der Waals surface area contributed by atoms with Gasteiger partial charge in [-0.15, -0.1) is 0 Å². The summed E-state index contributed by atoms with van der Waals surface area (Å²) in [6, 6.07) is 3.56.